The summed E-state index contributed by atoms with van der Waals surface area (Å²) in [5, 5.41) is 14.8. The highest BCUT2D eigenvalue weighted by molar-refractivity contribution is 6.26. The maximum Gasteiger partial charge on any atom is 0.160 e. The Morgan fingerprint density at radius 1 is 0.200 bits per heavy atom. The van der Waals surface area contributed by atoms with Crippen molar-refractivity contribution < 1.29 is 0 Å². The molecule has 4 aromatic heterocycles. The Labute approximate surface area is 460 Å². The molecule has 0 unspecified atom stereocenters. The summed E-state index contributed by atoms with van der Waals surface area (Å²) < 4.78 is 0. The van der Waals surface area contributed by atoms with Gasteiger partial charge in [0.05, 0.1) is 34.2 Å². The van der Waals surface area contributed by atoms with E-state index in [4.69, 9.17) is 19.9 Å². The third kappa shape index (κ3) is 7.72. The monoisotopic (exact) mass is 1020 g/mol. The zero-order valence-corrected chi connectivity index (χ0v) is 43.1. The van der Waals surface area contributed by atoms with Gasteiger partial charge in [-0.25, -0.2) is 19.9 Å². The highest BCUT2D eigenvalue weighted by Crippen LogP contribution is 2.43. The lowest BCUT2D eigenvalue weighted by Crippen LogP contribution is -1.97. The standard InChI is InChI=1S/C74H44N6/c1-3-41-75-63(11-1)47-17-21-49(22-18-47)65-43-67(59-37-33-55-27-25-51-7-5-9-53-35-39-61(59)71(55)69(51)53)79-73(77-65)57-29-13-45(14-30-57)46-15-31-58(32-16-46)74-78-66(50-23-19-48(20-24-50)64-12-2-4-42-76-64)44-68(80-74)60-38-34-56-28-26-52-8-6-10-54-36-40-62(60)72(56)70(52)54/h1-44H. The molecule has 0 bridgehead atoms. The first-order valence-corrected chi connectivity index (χ1v) is 27.0. The van der Waals surface area contributed by atoms with Gasteiger partial charge >= 0.3 is 0 Å². The zero-order valence-electron chi connectivity index (χ0n) is 43.1. The van der Waals surface area contributed by atoms with Crippen LogP contribution in [0, 0.1) is 0 Å². The van der Waals surface area contributed by atoms with Crippen LogP contribution >= 0.6 is 0 Å². The molecule has 80 heavy (non-hydrogen) atoms. The minimum atomic E-state index is 0.655. The average molecular weight is 1020 g/mol. The molecule has 370 valence electrons. The summed E-state index contributed by atoms with van der Waals surface area (Å²) in [4.78, 5) is 30.5. The molecule has 16 aromatic rings. The largest absolute Gasteiger partial charge is 0.256 e. The van der Waals surface area contributed by atoms with Crippen molar-refractivity contribution >= 4 is 64.6 Å². The molecule has 0 aliphatic carbocycles. The second kappa shape index (κ2) is 18.4. The van der Waals surface area contributed by atoms with Crippen LogP contribution in [0.1, 0.15) is 0 Å². The van der Waals surface area contributed by atoms with E-state index in [0.717, 1.165) is 89.8 Å². The predicted molar refractivity (Wildman–Crippen MR) is 330 cm³/mol. The summed E-state index contributed by atoms with van der Waals surface area (Å²) in [5.74, 6) is 1.31. The normalized spacial score (nSPS) is 11.8. The van der Waals surface area contributed by atoms with Crippen LogP contribution in [0.4, 0.5) is 0 Å². The Kier molecular flexibility index (Phi) is 10.5. The van der Waals surface area contributed by atoms with Crippen LogP contribution in [0.15, 0.2) is 267 Å². The number of hydrogen-bond acceptors (Lipinski definition) is 6. The van der Waals surface area contributed by atoms with Gasteiger partial charge in [0.25, 0.3) is 0 Å². The summed E-state index contributed by atoms with van der Waals surface area (Å²) in [6.45, 7) is 0. The molecule has 4 heterocycles. The fraction of sp³-hybridized carbons (Fsp3) is 0. The number of hydrogen-bond donors (Lipinski definition) is 0. The second-order valence-electron chi connectivity index (χ2n) is 20.6. The van der Waals surface area contributed by atoms with Crippen LogP contribution in [0.25, 0.3) is 166 Å². The Bertz CT molecular complexity index is 4650. The molecule has 0 aliphatic rings. The minimum absolute atomic E-state index is 0.655. The molecule has 0 saturated heterocycles. The molecule has 6 nitrogen and oxygen atoms in total. The molecule has 12 aromatic carbocycles. The molecule has 0 N–H and O–H groups in total. The molecule has 0 spiro atoms. The van der Waals surface area contributed by atoms with Crippen LogP contribution in [0.2, 0.25) is 0 Å². The van der Waals surface area contributed by atoms with E-state index < -0.39 is 0 Å². The average Bonchev–Trinajstić information content (AvgIpc) is 3.69. The predicted octanol–water partition coefficient (Wildman–Crippen LogP) is 18.9. The fourth-order valence-corrected chi connectivity index (χ4v) is 12.0. The third-order valence-corrected chi connectivity index (χ3v) is 16.0. The zero-order chi connectivity index (χ0) is 52.7. The van der Waals surface area contributed by atoms with Crippen molar-refractivity contribution in [1.82, 2.24) is 29.9 Å². The Balaban J connectivity index is 0.769. The maximum atomic E-state index is 5.37. The van der Waals surface area contributed by atoms with Gasteiger partial charge in [-0.15, -0.1) is 0 Å². The van der Waals surface area contributed by atoms with Crippen molar-refractivity contribution in [3.63, 3.8) is 0 Å². The quantitative estimate of drug-likeness (QED) is 0.134. The van der Waals surface area contributed by atoms with E-state index in [9.17, 15) is 0 Å². The van der Waals surface area contributed by atoms with E-state index in [0.29, 0.717) is 11.6 Å². The lowest BCUT2D eigenvalue weighted by molar-refractivity contribution is 1.18. The molecule has 0 radical (unpaired) electrons. The van der Waals surface area contributed by atoms with Crippen LogP contribution in [-0.4, -0.2) is 29.9 Å². The first kappa shape index (κ1) is 45.4. The van der Waals surface area contributed by atoms with Gasteiger partial charge in [0.15, 0.2) is 11.6 Å². The van der Waals surface area contributed by atoms with Crippen LogP contribution in [-0.2, 0) is 0 Å². The van der Waals surface area contributed by atoms with Gasteiger partial charge < -0.3 is 0 Å². The van der Waals surface area contributed by atoms with Gasteiger partial charge in [-0.05, 0) is 112 Å². The van der Waals surface area contributed by atoms with Crippen LogP contribution in [0.3, 0.4) is 0 Å². The van der Waals surface area contributed by atoms with Crippen molar-refractivity contribution in [3.05, 3.63) is 267 Å². The van der Waals surface area contributed by atoms with Gasteiger partial charge in [0.2, 0.25) is 0 Å². The number of pyridine rings is 2. The van der Waals surface area contributed by atoms with Crippen LogP contribution < -0.4 is 0 Å². The lowest BCUT2D eigenvalue weighted by Gasteiger charge is -2.15. The van der Waals surface area contributed by atoms with E-state index in [1.807, 2.05) is 48.8 Å². The van der Waals surface area contributed by atoms with Crippen molar-refractivity contribution in [2.24, 2.45) is 0 Å². The third-order valence-electron chi connectivity index (χ3n) is 16.0. The van der Waals surface area contributed by atoms with Crippen LogP contribution in [0.5, 0.6) is 0 Å². The summed E-state index contributed by atoms with van der Waals surface area (Å²) in [6, 6.07) is 90.3. The smallest absolute Gasteiger partial charge is 0.160 e. The number of rotatable bonds is 9. The SMILES string of the molecule is c1ccc(-c2ccc(-c3cc(-c4ccc5ccc6cccc7ccc4c5c67)nc(-c4ccc(-c5ccc(-c6nc(-c7ccc(-c8ccccn8)cc7)cc(-c7ccc8ccc9cccc%10ccc7c8c9%10)n6)cc5)cc4)n3)cc2)nc1. The van der Waals surface area contributed by atoms with Gasteiger partial charge in [0.1, 0.15) is 0 Å². The molecular formula is C74H44N6. The minimum Gasteiger partial charge on any atom is -0.256 e. The lowest BCUT2D eigenvalue weighted by atomic mass is 9.91. The fourth-order valence-electron chi connectivity index (χ4n) is 12.0. The first-order chi connectivity index (χ1) is 39.6. The molecule has 0 fully saturated rings. The summed E-state index contributed by atoms with van der Waals surface area (Å²) in [6.07, 6.45) is 3.66. The van der Waals surface area contributed by atoms with Crippen molar-refractivity contribution in [2.75, 3.05) is 0 Å². The molecule has 0 aliphatic heterocycles. The van der Waals surface area contributed by atoms with E-state index in [1.54, 1.807) is 0 Å². The van der Waals surface area contributed by atoms with E-state index in [1.165, 1.54) is 64.6 Å². The van der Waals surface area contributed by atoms with Crippen molar-refractivity contribution in [3.8, 4) is 101 Å². The summed E-state index contributed by atoms with van der Waals surface area (Å²) >= 11 is 0. The molecular weight excluding hydrogens is 973 g/mol. The molecule has 0 atom stereocenters. The van der Waals surface area contributed by atoms with E-state index in [-0.39, 0.29) is 0 Å². The first-order valence-electron chi connectivity index (χ1n) is 27.0. The number of aromatic nitrogens is 6. The molecule has 0 amide bonds. The Hall–Kier alpha value is -10.8. The molecule has 0 saturated carbocycles. The Morgan fingerprint density at radius 2 is 0.512 bits per heavy atom. The number of benzene rings is 12. The van der Waals surface area contributed by atoms with Gasteiger partial charge in [-0.2, -0.15) is 0 Å². The van der Waals surface area contributed by atoms with Gasteiger partial charge in [-0.3, -0.25) is 9.97 Å². The second-order valence-corrected chi connectivity index (χ2v) is 20.6. The Morgan fingerprint density at radius 3 is 0.887 bits per heavy atom. The van der Waals surface area contributed by atoms with Gasteiger partial charge in [0, 0.05) is 56.9 Å². The van der Waals surface area contributed by atoms with Gasteiger partial charge in [-0.1, -0.05) is 218 Å². The highest BCUT2D eigenvalue weighted by Gasteiger charge is 2.19. The highest BCUT2D eigenvalue weighted by atomic mass is 14.9. The summed E-state index contributed by atoms with van der Waals surface area (Å²) in [7, 11) is 0. The molecule has 16 rings (SSSR count). The molecule has 6 heteroatoms. The van der Waals surface area contributed by atoms with Crippen molar-refractivity contribution in [2.45, 2.75) is 0 Å². The summed E-state index contributed by atoms with van der Waals surface area (Å²) in [5.41, 5.74) is 15.5. The van der Waals surface area contributed by atoms with E-state index >= 15 is 0 Å². The topological polar surface area (TPSA) is 77.3 Å². The number of nitrogens with zero attached hydrogens (tertiary/aromatic N) is 6. The maximum absolute atomic E-state index is 5.37. The van der Waals surface area contributed by atoms with E-state index in [2.05, 4.69) is 228 Å². The van der Waals surface area contributed by atoms with Crippen molar-refractivity contribution in [1.29, 1.82) is 0 Å².